The number of aliphatic hydroxyl groups is 1. The van der Waals surface area contributed by atoms with E-state index in [1.165, 1.54) is 22.0 Å². The van der Waals surface area contributed by atoms with Gasteiger partial charge in [0.15, 0.2) is 11.6 Å². The zero-order valence-electron chi connectivity index (χ0n) is 65.8. The Balaban J connectivity index is 0.558. The fourth-order valence-corrected chi connectivity index (χ4v) is 17.5. The van der Waals surface area contributed by atoms with Gasteiger partial charge in [0.25, 0.3) is 17.7 Å². The van der Waals surface area contributed by atoms with Crippen LogP contribution in [-0.2, 0) is 40.2 Å². The van der Waals surface area contributed by atoms with Crippen molar-refractivity contribution in [1.29, 1.82) is 0 Å². The van der Waals surface area contributed by atoms with Gasteiger partial charge >= 0.3 is 6.03 Å². The second kappa shape index (κ2) is 37.0. The summed E-state index contributed by atoms with van der Waals surface area (Å²) in [5.74, 6) is -2.12. The number of benzene rings is 3. The molecule has 9 heterocycles. The average Bonchev–Trinajstić information content (AvgIpc) is 1.75. The van der Waals surface area contributed by atoms with Gasteiger partial charge in [-0.1, -0.05) is 68.8 Å². The number of amides is 9. The first-order valence-electron chi connectivity index (χ1n) is 39.9. The standard InChI is InChI=1S/C83H104N18O13S/c1-51(2)74(79(107)100-48-62(102)42-67(100)78(106)90-53(4)56-18-20-57(21-19-56)75-54(5)89-50-115-75)69-44-71(94-114-69)112-39-37-95-35-36-96(52(3)45-95)38-40-111-70-41-59(28-32-87-70)101-60-24-25-61(101)47-97(46-60)66-43-64(92-93-76(66)84)63-13-7-8-15-68(63)113-49-55-16-22-58(23-17-55)91-77(105)65(14-11-31-88-82(86)110)98(81(109)83(80(85)108)29-12-30-83)33-9-6-10-34-99-72(103)26-27-73(99)104/h7-8,13,15-23,26-28,32,41,43-44,50-53,60-62,65,67,74,102H,6,9-12,14,24-25,29-31,33-40,42,45-49H2,1-5H3,(H2,84,93)(H2,85,108)(H,90,106)(H,91,105)(H3,86,88,110)/t52?,53-,60?,61?,62+,65-,67-,74?/m0/s1. The second-order valence-corrected chi connectivity index (χ2v) is 32.0. The van der Waals surface area contributed by atoms with Crippen molar-refractivity contribution in [3.05, 3.63) is 144 Å². The minimum atomic E-state index is -1.46. The molecule has 4 unspecified atom stereocenters. The smallest absolute Gasteiger partial charge is 0.312 e. The molecule has 0 radical (unpaired) electrons. The number of carbonyl (C=O) groups is 8. The van der Waals surface area contributed by atoms with Crippen LogP contribution in [0.25, 0.3) is 21.7 Å². The lowest BCUT2D eigenvalue weighted by atomic mass is 9.67. The zero-order chi connectivity index (χ0) is 81.0. The molecule has 6 aliphatic rings. The van der Waals surface area contributed by atoms with E-state index in [1.54, 1.807) is 29.5 Å². The van der Waals surface area contributed by atoms with Crippen molar-refractivity contribution in [1.82, 2.24) is 60.5 Å². The van der Waals surface area contributed by atoms with E-state index < -0.39 is 53.3 Å². The molecule has 4 saturated heterocycles. The van der Waals surface area contributed by atoms with Gasteiger partial charge in [-0.15, -0.1) is 21.5 Å². The number of primary amides is 2. The molecule has 1 saturated carbocycles. The van der Waals surface area contributed by atoms with Crippen LogP contribution in [0.2, 0.25) is 0 Å². The molecule has 31 nitrogen and oxygen atoms in total. The number of nitrogens with zero attached hydrogens (tertiary/aromatic N) is 12. The molecular weight excluding hydrogens is 1490 g/mol. The lowest BCUT2D eigenvalue weighted by Gasteiger charge is -2.43. The molecule has 610 valence electrons. The predicted molar refractivity (Wildman–Crippen MR) is 432 cm³/mol. The Morgan fingerprint density at radius 1 is 0.800 bits per heavy atom. The average molecular weight is 1590 g/mol. The number of piperazine rings is 2. The Kier molecular flexibility index (Phi) is 26.4. The first-order valence-corrected chi connectivity index (χ1v) is 40.8. The van der Waals surface area contributed by atoms with E-state index >= 15 is 0 Å². The highest BCUT2D eigenvalue weighted by molar-refractivity contribution is 7.13. The largest absolute Gasteiger partial charge is 0.488 e. The number of carbonyl (C=O) groups excluding carboxylic acids is 8. The van der Waals surface area contributed by atoms with Crippen molar-refractivity contribution in [2.24, 2.45) is 22.8 Å². The molecule has 13 rings (SSSR count). The molecule has 2 bridgehead atoms. The van der Waals surface area contributed by atoms with Crippen molar-refractivity contribution in [3.63, 3.8) is 0 Å². The molecule has 10 N–H and O–H groups in total. The lowest BCUT2D eigenvalue weighted by Crippen LogP contribution is -2.59. The molecular formula is C83H104N18O13S. The van der Waals surface area contributed by atoms with Crippen LogP contribution in [0.5, 0.6) is 17.5 Å². The van der Waals surface area contributed by atoms with E-state index in [9.17, 15) is 43.5 Å². The maximum Gasteiger partial charge on any atom is 0.312 e. The fourth-order valence-electron chi connectivity index (χ4n) is 16.7. The van der Waals surface area contributed by atoms with Crippen LogP contribution in [0.1, 0.15) is 133 Å². The number of nitrogens with one attached hydrogen (secondary N) is 3. The number of hydrogen-bond acceptors (Lipinski definition) is 24. The number of unbranched alkanes of at least 4 members (excludes halogenated alkanes) is 2. The molecule has 5 aliphatic heterocycles. The van der Waals surface area contributed by atoms with Gasteiger partial charge in [-0.05, 0) is 143 Å². The number of aryl methyl sites for hydroxylation is 1. The minimum Gasteiger partial charge on any atom is -0.488 e. The van der Waals surface area contributed by atoms with E-state index in [-0.39, 0.29) is 124 Å². The Bertz CT molecular complexity index is 4620. The second-order valence-electron chi connectivity index (χ2n) is 31.2. The van der Waals surface area contributed by atoms with Crippen LogP contribution in [0.3, 0.4) is 0 Å². The number of urea groups is 1. The number of likely N-dealkylation sites (tertiary alicyclic amines) is 1. The summed E-state index contributed by atoms with van der Waals surface area (Å²) in [5.41, 5.74) is 25.6. The molecule has 115 heavy (non-hydrogen) atoms. The number of nitrogens with two attached hydrogens (primary N) is 3. The molecule has 5 fully saturated rings. The fraction of sp³-hybridized carbons (Fsp3) is 0.482. The number of fused-ring (bicyclic) bond motifs is 2. The number of hydrogen-bond donors (Lipinski definition) is 7. The van der Waals surface area contributed by atoms with Crippen molar-refractivity contribution < 1.29 is 62.2 Å². The highest BCUT2D eigenvalue weighted by atomic mass is 32.1. The third-order valence-electron chi connectivity index (χ3n) is 23.1. The van der Waals surface area contributed by atoms with Crippen molar-refractivity contribution >= 4 is 81.6 Å². The summed E-state index contributed by atoms with van der Waals surface area (Å²) in [5, 5.41) is 32.7. The number of pyridine rings is 1. The van der Waals surface area contributed by atoms with Gasteiger partial charge < -0.3 is 76.6 Å². The van der Waals surface area contributed by atoms with Crippen LogP contribution in [0.15, 0.2) is 125 Å². The van der Waals surface area contributed by atoms with Gasteiger partial charge in [0.05, 0.1) is 39.6 Å². The third kappa shape index (κ3) is 19.3. The highest BCUT2D eigenvalue weighted by Gasteiger charge is 2.53. The molecule has 7 aromatic rings. The minimum absolute atomic E-state index is 0.0278. The van der Waals surface area contributed by atoms with Crippen LogP contribution < -0.4 is 57.2 Å². The topological polar surface area (TPSA) is 399 Å². The summed E-state index contributed by atoms with van der Waals surface area (Å²) in [6.45, 7) is 16.6. The molecule has 9 amide bonds. The number of thiazole rings is 1. The van der Waals surface area contributed by atoms with E-state index in [2.05, 4.69) is 67.8 Å². The third-order valence-corrected chi connectivity index (χ3v) is 24.1. The van der Waals surface area contributed by atoms with Crippen LogP contribution in [-0.4, -0.2) is 224 Å². The van der Waals surface area contributed by atoms with E-state index in [0.717, 1.165) is 88.1 Å². The predicted octanol–water partition coefficient (Wildman–Crippen LogP) is 7.36. The number of nitrogen functional groups attached to an aromatic ring is 1. The Hall–Kier alpha value is -11.1. The molecule has 8 atom stereocenters. The van der Waals surface area contributed by atoms with Gasteiger partial charge in [0.2, 0.25) is 35.4 Å². The number of imide groups is 1. The number of β-amino-alcohol motifs (C(OH)–C–C–N with tert-alkyl or cyclic N) is 1. The summed E-state index contributed by atoms with van der Waals surface area (Å²) in [6, 6.07) is 28.0. The molecule has 4 aromatic heterocycles. The maximum atomic E-state index is 14.5. The monoisotopic (exact) mass is 1590 g/mol. The molecule has 1 aliphatic carbocycles. The van der Waals surface area contributed by atoms with E-state index in [1.807, 2.05) is 118 Å². The van der Waals surface area contributed by atoms with E-state index in [0.29, 0.717) is 93.1 Å². The summed E-state index contributed by atoms with van der Waals surface area (Å²) < 4.78 is 24.8. The SMILES string of the molecule is Cc1ncsc1-c1ccc([C@H](C)NC(=O)[C@@H]2C[C@@H](O)CN2C(=O)C(c2cc(OCCN3CCN(CCOc4cc(N5C6CCC5CN(c5cc(-c7ccccc7OCc7ccc(NC(=O)[C@H](CCCNC(N)=O)N(CCCCCN8C(=O)C=CC8=O)C(=O)C8(C(N)=O)CCC8)cc7)nnc5N)C6)ccn4)C(C)C3)no2)C(C)C)cc1. The van der Waals surface area contributed by atoms with Gasteiger partial charge in [-0.3, -0.25) is 48.3 Å². The Morgan fingerprint density at radius 2 is 1.54 bits per heavy atom. The van der Waals surface area contributed by atoms with Crippen LogP contribution >= 0.6 is 11.3 Å². The van der Waals surface area contributed by atoms with Crippen molar-refractivity contribution in [2.45, 2.75) is 160 Å². The number of anilines is 4. The summed E-state index contributed by atoms with van der Waals surface area (Å²) in [4.78, 5) is 130. The number of aliphatic hydroxyl groups excluding tert-OH is 1. The summed E-state index contributed by atoms with van der Waals surface area (Å²) in [6.07, 6.45) is 8.39. The first-order chi connectivity index (χ1) is 55.5. The van der Waals surface area contributed by atoms with Crippen molar-refractivity contribution in [2.75, 3.05) is 106 Å². The quantitative estimate of drug-likeness (QED) is 0.0115. The summed E-state index contributed by atoms with van der Waals surface area (Å²) >= 11 is 1.58. The van der Waals surface area contributed by atoms with Gasteiger partial charge in [-0.25, -0.2) is 14.8 Å². The van der Waals surface area contributed by atoms with Gasteiger partial charge in [0, 0.05) is 144 Å². The lowest BCUT2D eigenvalue weighted by molar-refractivity contribution is -0.159. The Morgan fingerprint density at radius 3 is 2.23 bits per heavy atom. The van der Waals surface area contributed by atoms with Crippen LogP contribution in [0.4, 0.5) is 27.7 Å². The summed E-state index contributed by atoms with van der Waals surface area (Å²) in [7, 11) is 0. The number of aromatic nitrogens is 5. The number of rotatable bonds is 36. The zero-order valence-corrected chi connectivity index (χ0v) is 66.6. The van der Waals surface area contributed by atoms with Crippen LogP contribution in [0, 0.1) is 18.3 Å². The van der Waals surface area contributed by atoms with E-state index in [4.69, 9.17) is 35.9 Å². The molecule has 32 heteroatoms. The van der Waals surface area contributed by atoms with Crippen molar-refractivity contribution in [3.8, 4) is 39.2 Å². The molecule has 0 spiro atoms. The Labute approximate surface area is 672 Å². The highest BCUT2D eigenvalue weighted by Crippen LogP contribution is 2.44. The molecule has 3 aromatic carbocycles. The maximum absolute atomic E-state index is 14.5. The van der Waals surface area contributed by atoms with Gasteiger partial charge in [0.1, 0.15) is 49.0 Å². The van der Waals surface area contributed by atoms with Gasteiger partial charge in [-0.2, -0.15) is 0 Å². The number of ether oxygens (including phenoxy) is 3. The first kappa shape index (κ1) is 81.9. The normalized spacial score (nSPS) is 20.1. The number of para-hydroxylation sites is 1.